The highest BCUT2D eigenvalue weighted by molar-refractivity contribution is 5.97. The van der Waals surface area contributed by atoms with Crippen LogP contribution in [0, 0.1) is 0 Å². The monoisotopic (exact) mass is 405 g/mol. The number of amides is 1. The Balaban J connectivity index is 1.54. The molecule has 2 heterocycles. The molecule has 0 bridgehead atoms. The lowest BCUT2D eigenvalue weighted by Crippen LogP contribution is -2.29. The number of nitrogens with one attached hydrogen (secondary N) is 1. The van der Waals surface area contributed by atoms with Gasteiger partial charge in [-0.15, -0.1) is 0 Å². The standard InChI is InChI=1S/C22H19N3O5/c1-14(26)15-3-2-4-17(11-15)23-21(27)13-25-22(28)8-6-18(24-25)16-5-7-19-20(12-16)30-10-9-29-19/h2-8,11-12H,9-10,13H2,1H3,(H,23,27). The maximum absolute atomic E-state index is 12.4. The molecule has 1 aliphatic rings. The Bertz CT molecular complexity index is 1190. The number of fused-ring (bicyclic) bond motifs is 1. The predicted molar refractivity (Wildman–Crippen MR) is 110 cm³/mol. The third-order valence-corrected chi connectivity index (χ3v) is 4.55. The van der Waals surface area contributed by atoms with Gasteiger partial charge in [-0.1, -0.05) is 12.1 Å². The molecule has 30 heavy (non-hydrogen) atoms. The molecule has 1 aromatic heterocycles. The van der Waals surface area contributed by atoms with Gasteiger partial charge in [0.15, 0.2) is 17.3 Å². The number of aromatic nitrogens is 2. The normalized spacial score (nSPS) is 12.3. The van der Waals surface area contributed by atoms with Crippen LogP contribution in [0.25, 0.3) is 11.3 Å². The number of Topliss-reactive ketones (excluding diaryl/α,β-unsaturated/α-hetero) is 1. The van der Waals surface area contributed by atoms with Gasteiger partial charge >= 0.3 is 0 Å². The van der Waals surface area contributed by atoms with Gasteiger partial charge in [0.05, 0.1) is 5.69 Å². The largest absolute Gasteiger partial charge is 0.486 e. The van der Waals surface area contributed by atoms with Crippen LogP contribution in [-0.4, -0.2) is 34.7 Å². The zero-order chi connectivity index (χ0) is 21.1. The fourth-order valence-corrected chi connectivity index (χ4v) is 3.07. The molecule has 0 radical (unpaired) electrons. The van der Waals surface area contributed by atoms with E-state index >= 15 is 0 Å². The summed E-state index contributed by atoms with van der Waals surface area (Å²) in [6.45, 7) is 2.16. The Morgan fingerprint density at radius 3 is 2.63 bits per heavy atom. The van der Waals surface area contributed by atoms with Crippen molar-refractivity contribution in [1.29, 1.82) is 0 Å². The summed E-state index contributed by atoms with van der Waals surface area (Å²) in [6, 6.07) is 15.0. The van der Waals surface area contributed by atoms with Gasteiger partial charge in [-0.3, -0.25) is 14.4 Å². The summed E-state index contributed by atoms with van der Waals surface area (Å²) in [5, 5.41) is 7.00. The van der Waals surface area contributed by atoms with Crippen molar-refractivity contribution in [3.63, 3.8) is 0 Å². The fraction of sp³-hybridized carbons (Fsp3) is 0.182. The summed E-state index contributed by atoms with van der Waals surface area (Å²) in [5.74, 6) is 0.743. The molecule has 1 aliphatic heterocycles. The average molecular weight is 405 g/mol. The van der Waals surface area contributed by atoms with Gasteiger partial charge in [0.2, 0.25) is 5.91 Å². The Labute approximate surface area is 172 Å². The molecule has 0 saturated carbocycles. The van der Waals surface area contributed by atoms with Crippen LogP contribution in [0.4, 0.5) is 5.69 Å². The van der Waals surface area contributed by atoms with Crippen LogP contribution < -0.4 is 20.3 Å². The molecule has 0 fully saturated rings. The van der Waals surface area contributed by atoms with Gasteiger partial charge in [0.25, 0.3) is 5.56 Å². The van der Waals surface area contributed by atoms with Crippen LogP contribution in [0.2, 0.25) is 0 Å². The molecular weight excluding hydrogens is 386 g/mol. The van der Waals surface area contributed by atoms with Gasteiger partial charge in [0.1, 0.15) is 19.8 Å². The first-order valence-electron chi connectivity index (χ1n) is 9.39. The minimum atomic E-state index is -0.426. The van der Waals surface area contributed by atoms with E-state index in [1.54, 1.807) is 42.5 Å². The second-order valence-electron chi connectivity index (χ2n) is 6.76. The van der Waals surface area contributed by atoms with Crippen molar-refractivity contribution in [3.05, 3.63) is 70.5 Å². The first-order valence-corrected chi connectivity index (χ1v) is 9.39. The number of benzene rings is 2. The molecule has 1 N–H and O–H groups in total. The highest BCUT2D eigenvalue weighted by atomic mass is 16.6. The van der Waals surface area contributed by atoms with Gasteiger partial charge in [0, 0.05) is 22.9 Å². The topological polar surface area (TPSA) is 99.5 Å². The van der Waals surface area contributed by atoms with E-state index in [4.69, 9.17) is 9.47 Å². The number of rotatable bonds is 5. The maximum atomic E-state index is 12.4. The van der Waals surface area contributed by atoms with Crippen molar-refractivity contribution in [1.82, 2.24) is 9.78 Å². The first-order chi connectivity index (χ1) is 14.5. The molecule has 0 spiro atoms. The molecule has 0 aliphatic carbocycles. The number of ether oxygens (including phenoxy) is 2. The molecule has 1 amide bonds. The van der Waals surface area contributed by atoms with Crippen LogP contribution in [0.1, 0.15) is 17.3 Å². The molecule has 2 aromatic carbocycles. The third kappa shape index (κ3) is 4.22. The number of hydrogen-bond donors (Lipinski definition) is 1. The van der Waals surface area contributed by atoms with E-state index in [0.717, 1.165) is 10.2 Å². The Hall–Kier alpha value is -3.94. The van der Waals surface area contributed by atoms with Crippen LogP contribution in [-0.2, 0) is 11.3 Å². The third-order valence-electron chi connectivity index (χ3n) is 4.55. The van der Waals surface area contributed by atoms with E-state index in [0.29, 0.717) is 41.7 Å². The zero-order valence-electron chi connectivity index (χ0n) is 16.3. The van der Waals surface area contributed by atoms with E-state index in [9.17, 15) is 14.4 Å². The lowest BCUT2D eigenvalue weighted by molar-refractivity contribution is -0.117. The molecule has 4 rings (SSSR count). The van der Waals surface area contributed by atoms with Crippen LogP contribution in [0.15, 0.2) is 59.4 Å². The van der Waals surface area contributed by atoms with E-state index < -0.39 is 11.5 Å². The molecule has 8 nitrogen and oxygen atoms in total. The summed E-state index contributed by atoms with van der Waals surface area (Å²) in [4.78, 5) is 36.1. The lowest BCUT2D eigenvalue weighted by atomic mass is 10.1. The van der Waals surface area contributed by atoms with Crippen LogP contribution >= 0.6 is 0 Å². The number of anilines is 1. The van der Waals surface area contributed by atoms with Gasteiger partial charge in [-0.05, 0) is 43.3 Å². The molecule has 0 atom stereocenters. The minimum absolute atomic E-state index is 0.101. The van der Waals surface area contributed by atoms with Gasteiger partial charge < -0.3 is 14.8 Å². The van der Waals surface area contributed by atoms with Crippen LogP contribution in [0.3, 0.4) is 0 Å². The quantitative estimate of drug-likeness (QED) is 0.655. The summed E-state index contributed by atoms with van der Waals surface area (Å²) in [7, 11) is 0. The molecule has 0 saturated heterocycles. The van der Waals surface area contributed by atoms with Gasteiger partial charge in [-0.25, -0.2) is 4.68 Å². The molecule has 152 valence electrons. The predicted octanol–water partition coefficient (Wildman–Crippen LogP) is 2.52. The fourth-order valence-electron chi connectivity index (χ4n) is 3.07. The van der Waals surface area contributed by atoms with E-state index in [1.807, 2.05) is 6.07 Å². The van der Waals surface area contributed by atoms with Crippen molar-refractivity contribution in [3.8, 4) is 22.8 Å². The van der Waals surface area contributed by atoms with Gasteiger partial charge in [-0.2, -0.15) is 5.10 Å². The SMILES string of the molecule is CC(=O)c1cccc(NC(=O)Cn2nc(-c3ccc4c(c3)OCCO4)ccc2=O)c1. The zero-order valence-corrected chi connectivity index (χ0v) is 16.3. The van der Waals surface area contributed by atoms with E-state index in [-0.39, 0.29) is 12.3 Å². The summed E-state index contributed by atoms with van der Waals surface area (Å²) >= 11 is 0. The Morgan fingerprint density at radius 1 is 1.03 bits per heavy atom. The average Bonchev–Trinajstić information content (AvgIpc) is 2.75. The van der Waals surface area contributed by atoms with Crippen molar-refractivity contribution >= 4 is 17.4 Å². The number of ketones is 1. The van der Waals surface area contributed by atoms with Crippen molar-refractivity contribution in [2.45, 2.75) is 13.5 Å². The van der Waals surface area contributed by atoms with E-state index in [2.05, 4.69) is 10.4 Å². The first kappa shape index (κ1) is 19.4. The number of carbonyl (C=O) groups excluding carboxylic acids is 2. The Morgan fingerprint density at radius 2 is 1.83 bits per heavy atom. The summed E-state index contributed by atoms with van der Waals surface area (Å²) in [5.41, 5.74) is 1.83. The molecule has 0 unspecified atom stereocenters. The molecule has 3 aromatic rings. The highest BCUT2D eigenvalue weighted by Gasteiger charge is 2.14. The Kier molecular flexibility index (Phi) is 5.30. The van der Waals surface area contributed by atoms with Crippen molar-refractivity contribution in [2.75, 3.05) is 18.5 Å². The number of hydrogen-bond acceptors (Lipinski definition) is 6. The molecular formula is C22H19N3O5. The second-order valence-corrected chi connectivity index (χ2v) is 6.76. The minimum Gasteiger partial charge on any atom is -0.486 e. The number of nitrogens with zero attached hydrogens (tertiary/aromatic N) is 2. The van der Waals surface area contributed by atoms with E-state index in [1.165, 1.54) is 13.0 Å². The maximum Gasteiger partial charge on any atom is 0.267 e. The lowest BCUT2D eigenvalue weighted by Gasteiger charge is -2.18. The van der Waals surface area contributed by atoms with Crippen LogP contribution in [0.5, 0.6) is 11.5 Å². The highest BCUT2D eigenvalue weighted by Crippen LogP contribution is 2.33. The summed E-state index contributed by atoms with van der Waals surface area (Å²) < 4.78 is 12.2. The second kappa shape index (κ2) is 8.20. The molecule has 8 heteroatoms. The number of carbonyl (C=O) groups is 2. The smallest absolute Gasteiger partial charge is 0.267 e. The van der Waals surface area contributed by atoms with Crippen molar-refractivity contribution in [2.24, 2.45) is 0 Å². The van der Waals surface area contributed by atoms with Crippen molar-refractivity contribution < 1.29 is 19.1 Å². The summed E-state index contributed by atoms with van der Waals surface area (Å²) in [6.07, 6.45) is 0.